The fraction of sp³-hybridized carbons (Fsp3) is 0.727. The van der Waals surface area contributed by atoms with Crippen molar-refractivity contribution in [1.82, 2.24) is 10.2 Å². The maximum Gasteiger partial charge on any atom is 0.395 e. The molecule has 21 heavy (non-hydrogen) atoms. The number of carbonyl (C=O) groups is 1. The lowest BCUT2D eigenvalue weighted by atomic mass is 10.00. The summed E-state index contributed by atoms with van der Waals surface area (Å²) in [7, 11) is 0. The number of nitrogens with zero attached hydrogens (tertiary/aromatic N) is 2. The summed E-state index contributed by atoms with van der Waals surface area (Å²) in [4.78, 5) is 11.8. The fourth-order valence-corrected chi connectivity index (χ4v) is 3.06. The van der Waals surface area contributed by atoms with Gasteiger partial charge in [-0.3, -0.25) is 4.79 Å². The Labute approximate surface area is 129 Å². The minimum absolute atomic E-state index is 0. The molecule has 0 bridgehead atoms. The predicted octanol–water partition coefficient (Wildman–Crippen LogP) is 2.52. The van der Waals surface area contributed by atoms with E-state index in [4.69, 9.17) is 5.73 Å². The molecule has 0 aliphatic heterocycles. The minimum Gasteiger partial charge on any atom is -0.327 e. The predicted molar refractivity (Wildman–Crippen MR) is 75.5 cm³/mol. The molecule has 1 heterocycles. The van der Waals surface area contributed by atoms with E-state index in [-0.39, 0.29) is 46.8 Å². The van der Waals surface area contributed by atoms with Crippen LogP contribution in [0, 0.1) is 5.92 Å². The molecule has 1 fully saturated rings. The van der Waals surface area contributed by atoms with Crippen LogP contribution in [0.25, 0.3) is 0 Å². The molecular weight excluding hydrogens is 329 g/mol. The van der Waals surface area contributed by atoms with Gasteiger partial charge < -0.3 is 11.1 Å². The second-order valence-electron chi connectivity index (χ2n) is 4.90. The maximum absolute atomic E-state index is 12.2. The molecule has 1 aromatic rings. The van der Waals surface area contributed by atoms with Crippen molar-refractivity contribution in [3.05, 3.63) is 5.01 Å². The Kier molecular flexibility index (Phi) is 6.36. The lowest BCUT2D eigenvalue weighted by Crippen LogP contribution is -2.28. The maximum atomic E-state index is 12.2. The molecule has 0 unspecified atom stereocenters. The molecule has 5 nitrogen and oxygen atoms in total. The van der Waals surface area contributed by atoms with Gasteiger partial charge in [0.15, 0.2) is 0 Å². The fourth-order valence-electron chi connectivity index (χ4n) is 2.27. The molecule has 3 N–H and O–H groups in total. The number of anilines is 1. The van der Waals surface area contributed by atoms with Crippen LogP contribution in [-0.4, -0.2) is 28.3 Å². The van der Waals surface area contributed by atoms with Crippen molar-refractivity contribution >= 4 is 34.8 Å². The Bertz CT molecular complexity index is 482. The van der Waals surface area contributed by atoms with Crippen molar-refractivity contribution in [2.75, 3.05) is 5.32 Å². The summed E-state index contributed by atoms with van der Waals surface area (Å²) in [5.41, 5.74) is 5.86. The molecule has 1 amide bonds. The summed E-state index contributed by atoms with van der Waals surface area (Å²) in [6.45, 7) is 0. The van der Waals surface area contributed by atoms with Gasteiger partial charge in [-0.05, 0) is 18.8 Å². The van der Waals surface area contributed by atoms with Gasteiger partial charge in [0.25, 0.3) is 0 Å². The summed E-state index contributed by atoms with van der Waals surface area (Å²) < 4.78 is 36.5. The number of hydrogen-bond donors (Lipinski definition) is 2. The first-order chi connectivity index (χ1) is 9.33. The second-order valence-corrected chi connectivity index (χ2v) is 5.96. The van der Waals surface area contributed by atoms with Gasteiger partial charge in [-0.1, -0.05) is 17.8 Å². The standard InChI is InChI=1S/C11H15F3N4OS.ClH/c12-11(13,14)5-9-17-18-10(20-9)16-8(19)4-6-2-1-3-7(6)15;/h6-7H,1-5,15H2,(H,16,18,19);1H/t6-,7+;/m0./s1. The lowest BCUT2D eigenvalue weighted by Gasteiger charge is -2.13. The van der Waals surface area contributed by atoms with Gasteiger partial charge in [0.2, 0.25) is 11.0 Å². The van der Waals surface area contributed by atoms with Crippen LogP contribution >= 0.6 is 23.7 Å². The van der Waals surface area contributed by atoms with Crippen molar-refractivity contribution in [1.29, 1.82) is 0 Å². The molecule has 2 atom stereocenters. The highest BCUT2D eigenvalue weighted by Gasteiger charge is 2.30. The Morgan fingerprint density at radius 1 is 1.38 bits per heavy atom. The topological polar surface area (TPSA) is 80.9 Å². The highest BCUT2D eigenvalue weighted by Crippen LogP contribution is 2.28. The highest BCUT2D eigenvalue weighted by molar-refractivity contribution is 7.15. The highest BCUT2D eigenvalue weighted by atomic mass is 35.5. The lowest BCUT2D eigenvalue weighted by molar-refractivity contribution is -0.127. The van der Waals surface area contributed by atoms with Crippen LogP contribution in [0.5, 0.6) is 0 Å². The van der Waals surface area contributed by atoms with Gasteiger partial charge in [0.05, 0.1) is 6.42 Å². The van der Waals surface area contributed by atoms with Crippen molar-refractivity contribution < 1.29 is 18.0 Å². The number of amides is 1. The normalized spacial score (nSPS) is 21.9. The Morgan fingerprint density at radius 2 is 2.10 bits per heavy atom. The van der Waals surface area contributed by atoms with Gasteiger partial charge >= 0.3 is 6.18 Å². The molecule has 0 spiro atoms. The zero-order chi connectivity index (χ0) is 14.8. The Balaban J connectivity index is 0.00000220. The quantitative estimate of drug-likeness (QED) is 0.879. The molecule has 1 saturated carbocycles. The average Bonchev–Trinajstić information content (AvgIpc) is 2.87. The smallest absolute Gasteiger partial charge is 0.327 e. The van der Waals surface area contributed by atoms with Gasteiger partial charge in [-0.2, -0.15) is 13.2 Å². The molecular formula is C11H16ClF3N4OS. The van der Waals surface area contributed by atoms with Crippen LogP contribution in [0.2, 0.25) is 0 Å². The zero-order valence-electron chi connectivity index (χ0n) is 11.0. The van der Waals surface area contributed by atoms with Crippen LogP contribution in [0.1, 0.15) is 30.7 Å². The summed E-state index contributed by atoms with van der Waals surface area (Å²) in [5, 5.41) is 9.36. The largest absolute Gasteiger partial charge is 0.395 e. The first-order valence-corrected chi connectivity index (χ1v) is 7.10. The van der Waals surface area contributed by atoms with E-state index in [2.05, 4.69) is 15.5 Å². The van der Waals surface area contributed by atoms with Crippen LogP contribution in [-0.2, 0) is 11.2 Å². The third-order valence-corrected chi connectivity index (χ3v) is 4.07. The number of nitrogens with one attached hydrogen (secondary N) is 1. The Hall–Kier alpha value is -0.930. The molecule has 1 aromatic heterocycles. The van der Waals surface area contributed by atoms with Gasteiger partial charge in [0.1, 0.15) is 5.01 Å². The average molecular weight is 345 g/mol. The molecule has 120 valence electrons. The van der Waals surface area contributed by atoms with E-state index in [1.807, 2.05) is 0 Å². The summed E-state index contributed by atoms with van der Waals surface area (Å²) in [6, 6.07) is 0.0240. The van der Waals surface area contributed by atoms with Crippen molar-refractivity contribution in [3.63, 3.8) is 0 Å². The van der Waals surface area contributed by atoms with Crippen molar-refractivity contribution in [3.8, 4) is 0 Å². The van der Waals surface area contributed by atoms with Crippen LogP contribution in [0.4, 0.5) is 18.3 Å². The Morgan fingerprint density at radius 3 is 2.67 bits per heavy atom. The number of halogens is 4. The second kappa shape index (κ2) is 7.37. The summed E-state index contributed by atoms with van der Waals surface area (Å²) in [5.74, 6) is -0.139. The van der Waals surface area contributed by atoms with Gasteiger partial charge in [-0.15, -0.1) is 22.6 Å². The number of hydrogen-bond acceptors (Lipinski definition) is 5. The number of carbonyl (C=O) groups excluding carboxylic acids is 1. The van der Waals surface area contributed by atoms with Crippen LogP contribution in [0.15, 0.2) is 0 Å². The van der Waals surface area contributed by atoms with E-state index in [1.54, 1.807) is 0 Å². The SMILES string of the molecule is Cl.N[C@@H]1CCC[C@H]1CC(=O)Nc1nnc(CC(F)(F)F)s1. The molecule has 0 aromatic carbocycles. The molecule has 0 saturated heterocycles. The van der Waals surface area contributed by atoms with Gasteiger partial charge in [0, 0.05) is 12.5 Å². The summed E-state index contributed by atoms with van der Waals surface area (Å²) in [6.07, 6.45) is -2.36. The molecule has 10 heteroatoms. The van der Waals surface area contributed by atoms with E-state index < -0.39 is 12.6 Å². The van der Waals surface area contributed by atoms with E-state index in [9.17, 15) is 18.0 Å². The third kappa shape index (κ3) is 5.76. The molecule has 0 radical (unpaired) electrons. The first-order valence-electron chi connectivity index (χ1n) is 6.28. The monoisotopic (exact) mass is 344 g/mol. The van der Waals surface area contributed by atoms with Crippen LogP contribution < -0.4 is 11.1 Å². The van der Waals surface area contributed by atoms with Gasteiger partial charge in [-0.25, -0.2) is 0 Å². The molecule has 1 aliphatic carbocycles. The van der Waals surface area contributed by atoms with E-state index in [0.717, 1.165) is 30.6 Å². The van der Waals surface area contributed by atoms with Crippen LogP contribution in [0.3, 0.4) is 0 Å². The summed E-state index contributed by atoms with van der Waals surface area (Å²) >= 11 is 0.741. The van der Waals surface area contributed by atoms with E-state index >= 15 is 0 Å². The molecule has 2 rings (SSSR count). The number of rotatable bonds is 4. The molecule has 1 aliphatic rings. The van der Waals surface area contributed by atoms with E-state index in [1.165, 1.54) is 0 Å². The van der Waals surface area contributed by atoms with Crippen molar-refractivity contribution in [2.45, 2.75) is 44.3 Å². The number of alkyl halides is 3. The minimum atomic E-state index is -4.32. The number of aromatic nitrogens is 2. The van der Waals surface area contributed by atoms with Crippen molar-refractivity contribution in [2.24, 2.45) is 11.7 Å². The van der Waals surface area contributed by atoms with E-state index in [0.29, 0.717) is 0 Å². The zero-order valence-corrected chi connectivity index (χ0v) is 12.7. The first kappa shape index (κ1) is 18.1. The third-order valence-electron chi connectivity index (χ3n) is 3.23. The number of nitrogens with two attached hydrogens (primary N) is 1.